The van der Waals surface area contributed by atoms with E-state index < -0.39 is 12.0 Å². The van der Waals surface area contributed by atoms with Crippen molar-refractivity contribution in [2.75, 3.05) is 0 Å². The largest absolute Gasteiger partial charge is 0.481 e. The fourth-order valence-electron chi connectivity index (χ4n) is 1.99. The third-order valence-corrected chi connectivity index (χ3v) is 3.08. The molecule has 0 radical (unpaired) electrons. The second-order valence-corrected chi connectivity index (χ2v) is 4.57. The Morgan fingerprint density at radius 1 is 1.39 bits per heavy atom. The highest BCUT2D eigenvalue weighted by atomic mass is 16.4. The Morgan fingerprint density at radius 2 is 2.06 bits per heavy atom. The monoisotopic (exact) mass is 248 g/mol. The molecule has 0 aliphatic heterocycles. The van der Waals surface area contributed by atoms with Crippen LogP contribution in [-0.4, -0.2) is 29.1 Å². The molecule has 1 aromatic carbocycles. The number of carboxylic acid groups (broad SMARTS) is 1. The van der Waals surface area contributed by atoms with Gasteiger partial charge in [-0.05, 0) is 12.0 Å². The summed E-state index contributed by atoms with van der Waals surface area (Å²) in [7, 11) is 0. The number of hydrogen-bond acceptors (Lipinski definition) is 3. The minimum Gasteiger partial charge on any atom is -0.481 e. The summed E-state index contributed by atoms with van der Waals surface area (Å²) in [6, 6.07) is 9.02. The van der Waals surface area contributed by atoms with Crippen molar-refractivity contribution in [3.8, 4) is 0 Å². The van der Waals surface area contributed by atoms with Gasteiger partial charge in [-0.3, -0.25) is 9.59 Å². The highest BCUT2D eigenvalue weighted by Crippen LogP contribution is 2.40. The molecule has 0 aromatic heterocycles. The zero-order valence-electron chi connectivity index (χ0n) is 9.87. The summed E-state index contributed by atoms with van der Waals surface area (Å²) in [5.41, 5.74) is 6.67. The van der Waals surface area contributed by atoms with E-state index in [2.05, 4.69) is 5.32 Å². The molecule has 5 heteroatoms. The van der Waals surface area contributed by atoms with Crippen molar-refractivity contribution >= 4 is 11.9 Å². The van der Waals surface area contributed by atoms with Crippen LogP contribution in [0.5, 0.6) is 0 Å². The topological polar surface area (TPSA) is 92.4 Å². The molecule has 4 N–H and O–H groups in total. The second-order valence-electron chi connectivity index (χ2n) is 4.57. The van der Waals surface area contributed by atoms with E-state index in [-0.39, 0.29) is 18.4 Å². The first kappa shape index (κ1) is 12.6. The molecular weight excluding hydrogens is 232 g/mol. The molecule has 1 amide bonds. The van der Waals surface area contributed by atoms with Crippen LogP contribution in [0.2, 0.25) is 0 Å². The van der Waals surface area contributed by atoms with E-state index in [1.807, 2.05) is 30.3 Å². The van der Waals surface area contributed by atoms with Crippen LogP contribution < -0.4 is 11.1 Å². The van der Waals surface area contributed by atoms with Crippen molar-refractivity contribution in [1.82, 2.24) is 5.32 Å². The van der Waals surface area contributed by atoms with Gasteiger partial charge in [0.15, 0.2) is 0 Å². The van der Waals surface area contributed by atoms with E-state index in [1.54, 1.807) is 0 Å². The zero-order valence-corrected chi connectivity index (χ0v) is 9.87. The molecular formula is C13H16N2O3. The molecule has 0 heterocycles. The molecule has 5 nitrogen and oxygen atoms in total. The van der Waals surface area contributed by atoms with Gasteiger partial charge in [0.05, 0.1) is 12.5 Å². The quantitative estimate of drug-likeness (QED) is 0.706. The summed E-state index contributed by atoms with van der Waals surface area (Å²) in [4.78, 5) is 22.0. The van der Waals surface area contributed by atoms with Crippen LogP contribution in [-0.2, 0) is 9.59 Å². The average Bonchev–Trinajstić information content (AvgIpc) is 3.08. The number of carboxylic acids is 1. The minimum atomic E-state index is -1.06. The summed E-state index contributed by atoms with van der Waals surface area (Å²) in [5, 5.41) is 11.3. The van der Waals surface area contributed by atoms with Crippen LogP contribution in [0, 0.1) is 0 Å². The van der Waals surface area contributed by atoms with Gasteiger partial charge in [0.25, 0.3) is 0 Å². The number of benzene rings is 1. The van der Waals surface area contributed by atoms with Gasteiger partial charge in [-0.25, -0.2) is 0 Å². The lowest BCUT2D eigenvalue weighted by atomic mass is 10.1. The van der Waals surface area contributed by atoms with Crippen LogP contribution in [0.25, 0.3) is 0 Å². The Labute approximate surface area is 105 Å². The van der Waals surface area contributed by atoms with Crippen LogP contribution in [0.3, 0.4) is 0 Å². The predicted molar refractivity (Wildman–Crippen MR) is 66.0 cm³/mol. The third kappa shape index (κ3) is 3.07. The Morgan fingerprint density at radius 3 is 2.67 bits per heavy atom. The summed E-state index contributed by atoms with van der Waals surface area (Å²) >= 11 is 0. The highest BCUT2D eigenvalue weighted by Gasteiger charge is 2.40. The first-order valence-electron chi connectivity index (χ1n) is 5.90. The third-order valence-electron chi connectivity index (χ3n) is 3.08. The molecule has 1 saturated carbocycles. The summed E-state index contributed by atoms with van der Waals surface area (Å²) < 4.78 is 0. The fourth-order valence-corrected chi connectivity index (χ4v) is 1.99. The van der Waals surface area contributed by atoms with Crippen LogP contribution in [0.15, 0.2) is 30.3 Å². The van der Waals surface area contributed by atoms with Crippen LogP contribution in [0.1, 0.15) is 24.3 Å². The lowest BCUT2D eigenvalue weighted by Crippen LogP contribution is -2.43. The molecule has 2 rings (SSSR count). The number of hydrogen-bond donors (Lipinski definition) is 3. The smallest absolute Gasteiger partial charge is 0.305 e. The fraction of sp³-hybridized carbons (Fsp3) is 0.385. The normalized spacial score (nSPS) is 23.2. The van der Waals surface area contributed by atoms with E-state index in [0.29, 0.717) is 5.92 Å². The number of rotatable bonds is 5. The number of amides is 1. The Bertz CT molecular complexity index is 447. The van der Waals surface area contributed by atoms with E-state index in [1.165, 1.54) is 5.56 Å². The molecule has 3 atom stereocenters. The molecule has 0 bridgehead atoms. The van der Waals surface area contributed by atoms with Gasteiger partial charge >= 0.3 is 5.97 Å². The molecule has 1 aliphatic rings. The molecule has 0 unspecified atom stereocenters. The maximum absolute atomic E-state index is 11.6. The SMILES string of the molecule is N[C@H](CC(=O)O)C(=O)N[C@@H]1C[C@H]1c1ccccc1. The maximum atomic E-state index is 11.6. The van der Waals surface area contributed by atoms with Gasteiger partial charge in [0.2, 0.25) is 5.91 Å². The Balaban J connectivity index is 1.83. The second kappa shape index (κ2) is 5.18. The van der Waals surface area contributed by atoms with Gasteiger partial charge in [-0.15, -0.1) is 0 Å². The number of carbonyl (C=O) groups is 2. The highest BCUT2D eigenvalue weighted by molar-refractivity contribution is 5.86. The number of nitrogens with one attached hydrogen (secondary N) is 1. The number of carbonyl (C=O) groups excluding carboxylic acids is 1. The van der Waals surface area contributed by atoms with Gasteiger partial charge in [0, 0.05) is 12.0 Å². The molecule has 1 fully saturated rings. The zero-order chi connectivity index (χ0) is 13.1. The van der Waals surface area contributed by atoms with Crippen molar-refractivity contribution in [2.45, 2.75) is 30.8 Å². The Kier molecular flexibility index (Phi) is 3.62. The molecule has 0 spiro atoms. The number of aliphatic carboxylic acids is 1. The first-order chi connectivity index (χ1) is 8.58. The van der Waals surface area contributed by atoms with Gasteiger partial charge in [-0.1, -0.05) is 30.3 Å². The van der Waals surface area contributed by atoms with Gasteiger partial charge in [0.1, 0.15) is 0 Å². The molecule has 1 aliphatic carbocycles. The minimum absolute atomic E-state index is 0.0831. The molecule has 96 valence electrons. The predicted octanol–water partition coefficient (Wildman–Crippen LogP) is 0.461. The summed E-state index contributed by atoms with van der Waals surface area (Å²) in [5.74, 6) is -1.12. The number of nitrogens with two attached hydrogens (primary N) is 1. The van der Waals surface area contributed by atoms with E-state index in [0.717, 1.165) is 6.42 Å². The van der Waals surface area contributed by atoms with Crippen LogP contribution >= 0.6 is 0 Å². The summed E-state index contributed by atoms with van der Waals surface area (Å²) in [6.07, 6.45) is 0.546. The molecule has 0 saturated heterocycles. The van der Waals surface area contributed by atoms with Crippen LogP contribution in [0.4, 0.5) is 0 Å². The standard InChI is InChI=1S/C13H16N2O3/c14-10(7-12(16)17)13(18)15-11-6-9(11)8-4-2-1-3-5-8/h1-5,9-11H,6-7,14H2,(H,15,18)(H,16,17)/t9-,10+,11+/m0/s1. The van der Waals surface area contributed by atoms with E-state index >= 15 is 0 Å². The molecule has 18 heavy (non-hydrogen) atoms. The van der Waals surface area contributed by atoms with Crippen molar-refractivity contribution in [3.63, 3.8) is 0 Å². The van der Waals surface area contributed by atoms with Gasteiger partial charge < -0.3 is 16.2 Å². The van der Waals surface area contributed by atoms with Crippen molar-refractivity contribution in [2.24, 2.45) is 5.73 Å². The van der Waals surface area contributed by atoms with Crippen molar-refractivity contribution in [3.05, 3.63) is 35.9 Å². The summed E-state index contributed by atoms with van der Waals surface area (Å²) in [6.45, 7) is 0. The van der Waals surface area contributed by atoms with Crippen molar-refractivity contribution < 1.29 is 14.7 Å². The molecule has 1 aromatic rings. The van der Waals surface area contributed by atoms with Crippen molar-refractivity contribution in [1.29, 1.82) is 0 Å². The van der Waals surface area contributed by atoms with E-state index in [9.17, 15) is 9.59 Å². The lowest BCUT2D eigenvalue weighted by molar-refractivity contribution is -0.139. The maximum Gasteiger partial charge on any atom is 0.305 e. The van der Waals surface area contributed by atoms with E-state index in [4.69, 9.17) is 10.8 Å². The Hall–Kier alpha value is -1.88. The lowest BCUT2D eigenvalue weighted by Gasteiger charge is -2.09. The first-order valence-corrected chi connectivity index (χ1v) is 5.90. The average molecular weight is 248 g/mol. The van der Waals surface area contributed by atoms with Gasteiger partial charge in [-0.2, -0.15) is 0 Å².